The van der Waals surface area contributed by atoms with Gasteiger partial charge in [0.2, 0.25) is 5.91 Å². The molecule has 12 heteroatoms. The molecule has 0 N–H and O–H groups in total. The maximum atomic E-state index is 13.2. The molecular weight excluding hydrogens is 504 g/mol. The Balaban J connectivity index is 1.75. The third-order valence-electron chi connectivity index (χ3n) is 5.86. The number of anilines is 1. The lowest BCUT2D eigenvalue weighted by atomic mass is 10.3. The molecule has 0 bridgehead atoms. The summed E-state index contributed by atoms with van der Waals surface area (Å²) in [6.45, 7) is 6.73. The number of benzene rings is 2. The van der Waals surface area contributed by atoms with Crippen LogP contribution in [0.1, 0.15) is 26.7 Å². The number of amides is 1. The molecule has 0 radical (unpaired) electrons. The van der Waals surface area contributed by atoms with Crippen molar-refractivity contribution < 1.29 is 22.9 Å². The molecule has 3 aromatic rings. The highest BCUT2D eigenvalue weighted by Crippen LogP contribution is 2.32. The van der Waals surface area contributed by atoms with Gasteiger partial charge in [-0.1, -0.05) is 25.2 Å². The van der Waals surface area contributed by atoms with Gasteiger partial charge in [-0.05, 0) is 49.8 Å². The van der Waals surface area contributed by atoms with Crippen LogP contribution in [-0.4, -0.2) is 68.2 Å². The minimum absolute atomic E-state index is 0.0315. The number of hydrogen-bond acceptors (Lipinski definition) is 9. The van der Waals surface area contributed by atoms with Gasteiger partial charge >= 0.3 is 0 Å². The van der Waals surface area contributed by atoms with E-state index in [1.807, 2.05) is 13.8 Å². The zero-order valence-corrected chi connectivity index (χ0v) is 22.2. The van der Waals surface area contributed by atoms with Gasteiger partial charge in [-0.25, -0.2) is 13.4 Å². The van der Waals surface area contributed by atoms with Gasteiger partial charge in [0.15, 0.2) is 15.0 Å². The molecule has 1 heterocycles. The number of nitrogens with zero attached hydrogens (tertiary/aromatic N) is 4. The van der Waals surface area contributed by atoms with E-state index in [2.05, 4.69) is 9.88 Å². The minimum atomic E-state index is -3.55. The van der Waals surface area contributed by atoms with Gasteiger partial charge in [0, 0.05) is 31.6 Å². The van der Waals surface area contributed by atoms with Crippen molar-refractivity contribution in [2.45, 2.75) is 31.6 Å². The molecular formula is C24H30N4O6S2. The van der Waals surface area contributed by atoms with E-state index in [1.165, 1.54) is 42.7 Å². The molecule has 0 atom stereocenters. The molecule has 3 rings (SSSR count). The molecule has 10 nitrogen and oxygen atoms in total. The number of carbonyl (C=O) groups excluding carboxylic acids is 1. The molecule has 36 heavy (non-hydrogen) atoms. The van der Waals surface area contributed by atoms with Gasteiger partial charge in [-0.2, -0.15) is 0 Å². The van der Waals surface area contributed by atoms with Crippen molar-refractivity contribution in [1.29, 1.82) is 0 Å². The second-order valence-electron chi connectivity index (χ2n) is 8.08. The topological polar surface area (TPSA) is 123 Å². The second kappa shape index (κ2) is 12.2. The van der Waals surface area contributed by atoms with E-state index in [1.54, 1.807) is 23.1 Å². The van der Waals surface area contributed by atoms with E-state index >= 15 is 0 Å². The van der Waals surface area contributed by atoms with E-state index in [0.717, 1.165) is 13.1 Å². The van der Waals surface area contributed by atoms with E-state index in [9.17, 15) is 23.3 Å². The van der Waals surface area contributed by atoms with Gasteiger partial charge in [0.05, 0.1) is 32.9 Å². The second-order valence-corrected chi connectivity index (χ2v) is 11.2. The molecule has 0 aliphatic rings. The van der Waals surface area contributed by atoms with Crippen molar-refractivity contribution in [3.05, 3.63) is 52.6 Å². The summed E-state index contributed by atoms with van der Waals surface area (Å²) >= 11 is 1.21. The molecule has 0 unspecified atom stereocenters. The Kier molecular flexibility index (Phi) is 9.35. The number of aromatic nitrogens is 1. The molecule has 0 saturated carbocycles. The largest absolute Gasteiger partial charge is 0.497 e. The zero-order valence-electron chi connectivity index (χ0n) is 20.5. The highest BCUT2D eigenvalue weighted by Gasteiger charge is 2.22. The number of sulfone groups is 1. The van der Waals surface area contributed by atoms with Crippen LogP contribution >= 0.6 is 11.3 Å². The molecule has 2 aromatic carbocycles. The fraction of sp³-hybridized carbons (Fsp3) is 0.417. The van der Waals surface area contributed by atoms with Crippen LogP contribution in [0.3, 0.4) is 0 Å². The monoisotopic (exact) mass is 534 g/mol. The summed E-state index contributed by atoms with van der Waals surface area (Å²) < 4.78 is 31.1. The number of thiazole rings is 1. The van der Waals surface area contributed by atoms with Crippen molar-refractivity contribution in [2.24, 2.45) is 0 Å². The Morgan fingerprint density at radius 1 is 1.11 bits per heavy atom. The van der Waals surface area contributed by atoms with Crippen LogP contribution in [0, 0.1) is 10.1 Å². The van der Waals surface area contributed by atoms with Crippen LogP contribution in [0.5, 0.6) is 5.75 Å². The Hall–Kier alpha value is -3.09. The highest BCUT2D eigenvalue weighted by atomic mass is 32.2. The number of carbonyl (C=O) groups is 1. The number of nitro benzene ring substituents is 1. The number of fused-ring (bicyclic) bond motifs is 1. The number of non-ortho nitro benzene ring substituents is 1. The standard InChI is InChI=1S/C24H30N4O6S2/c1-4-26(5-2)14-15-27(24-25-21-13-8-18(28(30)31)17-22(21)35-24)23(29)7-6-16-36(32,33)20-11-9-19(34-3)10-12-20/h8-13,17H,4-7,14-16H2,1-3H3. The van der Waals surface area contributed by atoms with Crippen LogP contribution in [0.25, 0.3) is 10.2 Å². The normalized spacial score (nSPS) is 11.7. The summed E-state index contributed by atoms with van der Waals surface area (Å²) in [7, 11) is -2.04. The Morgan fingerprint density at radius 2 is 1.81 bits per heavy atom. The van der Waals surface area contributed by atoms with Gasteiger partial charge in [0.1, 0.15) is 5.75 Å². The molecule has 194 valence electrons. The first-order valence-electron chi connectivity index (χ1n) is 11.6. The summed E-state index contributed by atoms with van der Waals surface area (Å²) in [5, 5.41) is 11.6. The number of likely N-dealkylation sites (N-methyl/N-ethyl adjacent to an activating group) is 1. The first-order chi connectivity index (χ1) is 17.2. The van der Waals surface area contributed by atoms with Gasteiger partial charge in [-0.3, -0.25) is 19.8 Å². The Labute approximate surface area is 214 Å². The highest BCUT2D eigenvalue weighted by molar-refractivity contribution is 7.91. The van der Waals surface area contributed by atoms with E-state index in [4.69, 9.17) is 4.74 Å². The van der Waals surface area contributed by atoms with Crippen molar-refractivity contribution in [3.63, 3.8) is 0 Å². The average Bonchev–Trinajstić information content (AvgIpc) is 3.29. The van der Waals surface area contributed by atoms with Crippen LogP contribution in [0.4, 0.5) is 10.8 Å². The predicted octanol–water partition coefficient (Wildman–Crippen LogP) is 4.14. The number of ether oxygens (including phenoxy) is 1. The van der Waals surface area contributed by atoms with Crippen molar-refractivity contribution >= 4 is 48.1 Å². The van der Waals surface area contributed by atoms with Crippen molar-refractivity contribution in [2.75, 3.05) is 43.9 Å². The molecule has 0 aliphatic heterocycles. The van der Waals surface area contributed by atoms with Gasteiger partial charge < -0.3 is 9.64 Å². The van der Waals surface area contributed by atoms with Crippen LogP contribution in [-0.2, 0) is 14.6 Å². The molecule has 0 fully saturated rings. The summed E-state index contributed by atoms with van der Waals surface area (Å²) in [5.41, 5.74) is 0.533. The SMILES string of the molecule is CCN(CC)CCN(C(=O)CCCS(=O)(=O)c1ccc(OC)cc1)c1nc2ccc([N+](=O)[O-])cc2s1. The summed E-state index contributed by atoms with van der Waals surface area (Å²) in [5.74, 6) is 0.163. The number of nitro groups is 1. The van der Waals surface area contributed by atoms with Gasteiger partial charge in [-0.15, -0.1) is 0 Å². The third-order valence-corrected chi connectivity index (χ3v) is 8.72. The lowest BCUT2D eigenvalue weighted by Gasteiger charge is -2.24. The summed E-state index contributed by atoms with van der Waals surface area (Å²) in [6.07, 6.45) is 0.190. The van der Waals surface area contributed by atoms with E-state index < -0.39 is 14.8 Å². The molecule has 1 aromatic heterocycles. The third kappa shape index (κ3) is 6.77. The van der Waals surface area contributed by atoms with Crippen LogP contribution < -0.4 is 9.64 Å². The molecule has 0 saturated heterocycles. The van der Waals surface area contributed by atoms with E-state index in [0.29, 0.717) is 34.2 Å². The van der Waals surface area contributed by atoms with Crippen LogP contribution in [0.15, 0.2) is 47.4 Å². The van der Waals surface area contributed by atoms with Crippen molar-refractivity contribution in [3.8, 4) is 5.75 Å². The first kappa shape index (κ1) is 27.5. The molecule has 0 aliphatic carbocycles. The first-order valence-corrected chi connectivity index (χ1v) is 14.1. The smallest absolute Gasteiger partial charge is 0.270 e. The lowest BCUT2D eigenvalue weighted by Crippen LogP contribution is -2.38. The fourth-order valence-corrected chi connectivity index (χ4v) is 6.04. The maximum absolute atomic E-state index is 13.2. The predicted molar refractivity (Wildman–Crippen MR) is 141 cm³/mol. The number of methoxy groups -OCH3 is 1. The lowest BCUT2D eigenvalue weighted by molar-refractivity contribution is -0.384. The Morgan fingerprint density at radius 3 is 2.42 bits per heavy atom. The zero-order chi connectivity index (χ0) is 26.3. The molecule has 1 amide bonds. The average molecular weight is 535 g/mol. The van der Waals surface area contributed by atoms with Gasteiger partial charge in [0.25, 0.3) is 5.69 Å². The maximum Gasteiger partial charge on any atom is 0.270 e. The fourth-order valence-electron chi connectivity index (χ4n) is 3.69. The van der Waals surface area contributed by atoms with Crippen LogP contribution in [0.2, 0.25) is 0 Å². The Bertz CT molecular complexity index is 1300. The summed E-state index contributed by atoms with van der Waals surface area (Å²) in [4.78, 5) is 32.4. The number of hydrogen-bond donors (Lipinski definition) is 0. The van der Waals surface area contributed by atoms with Crippen molar-refractivity contribution in [1.82, 2.24) is 9.88 Å². The summed E-state index contributed by atoms with van der Waals surface area (Å²) in [6, 6.07) is 10.6. The van der Waals surface area contributed by atoms with E-state index in [-0.39, 0.29) is 35.1 Å². The number of rotatable bonds is 13. The minimum Gasteiger partial charge on any atom is -0.497 e. The molecule has 0 spiro atoms. The quantitative estimate of drug-likeness (QED) is 0.237.